The monoisotopic (exact) mass is 312 g/mol. The van der Waals surface area contributed by atoms with E-state index in [0.717, 1.165) is 38.6 Å². The second-order valence-electron chi connectivity index (χ2n) is 5.68. The van der Waals surface area contributed by atoms with Crippen LogP contribution in [0, 0.1) is 0 Å². The Morgan fingerprint density at radius 3 is 2.91 bits per heavy atom. The lowest BCUT2D eigenvalue weighted by Crippen LogP contribution is -2.45. The van der Waals surface area contributed by atoms with Crippen molar-refractivity contribution in [2.24, 2.45) is 4.99 Å². The highest BCUT2D eigenvalue weighted by Gasteiger charge is 2.23. The number of benzene rings is 1. The summed E-state index contributed by atoms with van der Waals surface area (Å²) in [5.41, 5.74) is 1.29. The number of rotatable bonds is 5. The topological polar surface area (TPSA) is 57.5 Å². The molecule has 6 nitrogen and oxygen atoms in total. The molecule has 0 spiro atoms. The van der Waals surface area contributed by atoms with Gasteiger partial charge >= 0.3 is 0 Å². The second kappa shape index (κ2) is 7.67. The van der Waals surface area contributed by atoms with E-state index >= 15 is 0 Å². The van der Waals surface area contributed by atoms with Crippen molar-refractivity contribution in [2.45, 2.75) is 19.0 Å². The lowest BCUT2D eigenvalue weighted by Gasteiger charge is -2.20. The average molecular weight is 312 g/mol. The maximum absolute atomic E-state index is 4.31. The molecule has 3 rings (SSSR count). The molecule has 1 atom stereocenters. The van der Waals surface area contributed by atoms with E-state index in [-0.39, 0.29) is 0 Å². The van der Waals surface area contributed by atoms with Gasteiger partial charge in [-0.05, 0) is 24.6 Å². The van der Waals surface area contributed by atoms with Gasteiger partial charge in [0.1, 0.15) is 0 Å². The lowest BCUT2D eigenvalue weighted by molar-refractivity contribution is 0.587. The maximum atomic E-state index is 4.31. The van der Waals surface area contributed by atoms with Crippen LogP contribution in [0.4, 0.5) is 5.69 Å². The zero-order valence-electron chi connectivity index (χ0n) is 13.5. The van der Waals surface area contributed by atoms with Gasteiger partial charge in [0.15, 0.2) is 5.96 Å². The summed E-state index contributed by atoms with van der Waals surface area (Å²) in [7, 11) is 1.81. The predicted octanol–water partition coefficient (Wildman–Crippen LogP) is 1.33. The van der Waals surface area contributed by atoms with E-state index in [1.54, 1.807) is 6.20 Å². The summed E-state index contributed by atoms with van der Waals surface area (Å²) >= 11 is 0. The number of para-hydroxylation sites is 1. The molecule has 1 aromatic heterocycles. The molecule has 1 aliphatic heterocycles. The second-order valence-corrected chi connectivity index (χ2v) is 5.68. The van der Waals surface area contributed by atoms with Crippen molar-refractivity contribution in [2.75, 3.05) is 31.6 Å². The predicted molar refractivity (Wildman–Crippen MR) is 93.8 cm³/mol. The van der Waals surface area contributed by atoms with Gasteiger partial charge in [-0.25, -0.2) is 0 Å². The van der Waals surface area contributed by atoms with Crippen molar-refractivity contribution < 1.29 is 0 Å². The van der Waals surface area contributed by atoms with Crippen LogP contribution in [0.25, 0.3) is 0 Å². The number of hydrogen-bond donors (Lipinski definition) is 2. The Labute approximate surface area is 137 Å². The number of nitrogens with one attached hydrogen (secondary N) is 2. The van der Waals surface area contributed by atoms with Gasteiger partial charge in [-0.3, -0.25) is 9.67 Å². The minimum absolute atomic E-state index is 0.422. The molecular formula is C17H24N6. The van der Waals surface area contributed by atoms with Gasteiger partial charge in [-0.1, -0.05) is 18.2 Å². The van der Waals surface area contributed by atoms with Crippen LogP contribution in [0.2, 0.25) is 0 Å². The first-order valence-electron chi connectivity index (χ1n) is 8.10. The highest BCUT2D eigenvalue weighted by Crippen LogP contribution is 2.19. The molecular weight excluding hydrogens is 288 g/mol. The molecule has 6 heteroatoms. The zero-order valence-corrected chi connectivity index (χ0v) is 13.5. The highest BCUT2D eigenvalue weighted by atomic mass is 15.3. The summed E-state index contributed by atoms with van der Waals surface area (Å²) in [6.07, 6.45) is 4.88. The highest BCUT2D eigenvalue weighted by molar-refractivity contribution is 5.80. The van der Waals surface area contributed by atoms with E-state index in [2.05, 4.69) is 56.0 Å². The third-order valence-electron chi connectivity index (χ3n) is 4.07. The van der Waals surface area contributed by atoms with Gasteiger partial charge in [0.2, 0.25) is 0 Å². The Kier molecular flexibility index (Phi) is 5.13. The van der Waals surface area contributed by atoms with Crippen molar-refractivity contribution in [3.63, 3.8) is 0 Å². The first-order valence-corrected chi connectivity index (χ1v) is 8.10. The Morgan fingerprint density at radius 2 is 2.17 bits per heavy atom. The van der Waals surface area contributed by atoms with Gasteiger partial charge < -0.3 is 15.5 Å². The molecule has 122 valence electrons. The molecule has 2 N–H and O–H groups in total. The number of hydrogen-bond acceptors (Lipinski definition) is 3. The summed E-state index contributed by atoms with van der Waals surface area (Å²) in [5.74, 6) is 0.858. The van der Waals surface area contributed by atoms with Crippen LogP contribution in [-0.2, 0) is 6.54 Å². The van der Waals surface area contributed by atoms with Crippen LogP contribution in [-0.4, -0.2) is 48.5 Å². The molecule has 1 aromatic carbocycles. The maximum Gasteiger partial charge on any atom is 0.191 e. The van der Waals surface area contributed by atoms with E-state index in [1.807, 2.05) is 24.0 Å². The number of guanidine groups is 1. The molecule has 1 saturated heterocycles. The molecule has 0 saturated carbocycles. The first kappa shape index (κ1) is 15.4. The number of anilines is 1. The summed E-state index contributed by atoms with van der Waals surface area (Å²) in [4.78, 5) is 6.73. The van der Waals surface area contributed by atoms with Crippen molar-refractivity contribution in [1.82, 2.24) is 20.4 Å². The van der Waals surface area contributed by atoms with E-state index in [1.165, 1.54) is 5.69 Å². The molecule has 2 heterocycles. The number of aromatic nitrogens is 2. The summed E-state index contributed by atoms with van der Waals surface area (Å²) in [6.45, 7) is 3.71. The molecule has 1 unspecified atom stereocenters. The molecule has 0 aliphatic carbocycles. The third kappa shape index (κ3) is 4.25. The fourth-order valence-electron chi connectivity index (χ4n) is 2.86. The zero-order chi connectivity index (χ0) is 15.9. The SMILES string of the molecule is CN=C(NCCn1cccn1)NC1CCN(c2ccccc2)C1. The largest absolute Gasteiger partial charge is 0.369 e. The summed E-state index contributed by atoms with van der Waals surface area (Å²) < 4.78 is 1.91. The fraction of sp³-hybridized carbons (Fsp3) is 0.412. The van der Waals surface area contributed by atoms with E-state index in [9.17, 15) is 0 Å². The van der Waals surface area contributed by atoms with E-state index < -0.39 is 0 Å². The minimum atomic E-state index is 0.422. The lowest BCUT2D eigenvalue weighted by atomic mass is 10.3. The van der Waals surface area contributed by atoms with Crippen LogP contribution in [0.3, 0.4) is 0 Å². The molecule has 0 radical (unpaired) electrons. The van der Waals surface area contributed by atoms with Gasteiger partial charge in [0.05, 0.1) is 6.54 Å². The fourth-order valence-corrected chi connectivity index (χ4v) is 2.86. The molecule has 1 fully saturated rings. The van der Waals surface area contributed by atoms with Crippen LogP contribution >= 0.6 is 0 Å². The van der Waals surface area contributed by atoms with Gasteiger partial charge in [-0.15, -0.1) is 0 Å². The smallest absolute Gasteiger partial charge is 0.191 e. The molecule has 0 amide bonds. The molecule has 0 bridgehead atoms. The van der Waals surface area contributed by atoms with Gasteiger partial charge in [0.25, 0.3) is 0 Å². The van der Waals surface area contributed by atoms with Crippen molar-refractivity contribution in [1.29, 1.82) is 0 Å². The normalized spacial score (nSPS) is 18.2. The molecule has 23 heavy (non-hydrogen) atoms. The van der Waals surface area contributed by atoms with Crippen molar-refractivity contribution >= 4 is 11.6 Å². The van der Waals surface area contributed by atoms with Crippen molar-refractivity contribution in [3.05, 3.63) is 48.8 Å². The van der Waals surface area contributed by atoms with Crippen LogP contribution < -0.4 is 15.5 Å². The average Bonchev–Trinajstić information content (AvgIpc) is 3.26. The van der Waals surface area contributed by atoms with E-state index in [0.29, 0.717) is 6.04 Å². The van der Waals surface area contributed by atoms with Gasteiger partial charge in [0, 0.05) is 50.8 Å². The standard InChI is InChI=1S/C17H24N6/c1-18-17(19-10-13-23-11-5-9-20-23)21-15-8-12-22(14-15)16-6-3-2-4-7-16/h2-7,9,11,15H,8,10,12-14H2,1H3,(H2,18,19,21). The van der Waals surface area contributed by atoms with Gasteiger partial charge in [-0.2, -0.15) is 5.10 Å². The third-order valence-corrected chi connectivity index (χ3v) is 4.07. The Bertz CT molecular complexity index is 607. The van der Waals surface area contributed by atoms with Crippen LogP contribution in [0.15, 0.2) is 53.8 Å². The summed E-state index contributed by atoms with van der Waals surface area (Å²) in [5, 5.41) is 11.1. The number of nitrogens with zero attached hydrogens (tertiary/aromatic N) is 4. The first-order chi connectivity index (χ1) is 11.3. The Balaban J connectivity index is 1.44. The summed E-state index contributed by atoms with van der Waals surface area (Å²) in [6, 6.07) is 12.9. The Morgan fingerprint density at radius 1 is 1.30 bits per heavy atom. The van der Waals surface area contributed by atoms with Crippen LogP contribution in [0.1, 0.15) is 6.42 Å². The minimum Gasteiger partial charge on any atom is -0.369 e. The Hall–Kier alpha value is -2.50. The molecule has 2 aromatic rings. The number of aliphatic imine (C=N–C) groups is 1. The quantitative estimate of drug-likeness (QED) is 0.646. The van der Waals surface area contributed by atoms with E-state index in [4.69, 9.17) is 0 Å². The molecule has 1 aliphatic rings. The van der Waals surface area contributed by atoms with Crippen molar-refractivity contribution in [3.8, 4) is 0 Å². The van der Waals surface area contributed by atoms with Crippen LogP contribution in [0.5, 0.6) is 0 Å².